The number of hydrogen-bond donors (Lipinski definition) is 1. The van der Waals surface area contributed by atoms with Gasteiger partial charge in [0.25, 0.3) is 0 Å². The van der Waals surface area contributed by atoms with Gasteiger partial charge in [-0.2, -0.15) is 5.26 Å². The monoisotopic (exact) mass is 401 g/mol. The zero-order chi connectivity index (χ0) is 20.7. The Morgan fingerprint density at radius 2 is 1.75 bits per heavy atom. The fourth-order valence-corrected chi connectivity index (χ4v) is 4.68. The molecule has 0 fully saturated rings. The topological polar surface area (TPSA) is 106 Å². The van der Waals surface area contributed by atoms with Crippen molar-refractivity contribution in [3.63, 3.8) is 0 Å². The van der Waals surface area contributed by atoms with E-state index in [0.29, 0.717) is 17.1 Å². The van der Waals surface area contributed by atoms with Gasteiger partial charge in [-0.1, -0.05) is 0 Å². The lowest BCUT2D eigenvalue weighted by molar-refractivity contribution is 0.456. The van der Waals surface area contributed by atoms with Crippen molar-refractivity contribution in [2.24, 2.45) is 10.7 Å². The Labute approximate surface area is 163 Å². The third-order valence-corrected chi connectivity index (χ3v) is 7.68. The Kier molecular flexibility index (Phi) is 4.68. The van der Waals surface area contributed by atoms with Crippen molar-refractivity contribution in [3.8, 4) is 17.6 Å². The van der Waals surface area contributed by atoms with Gasteiger partial charge in [0.1, 0.15) is 33.4 Å². The first-order valence-electron chi connectivity index (χ1n) is 8.55. The minimum absolute atomic E-state index is 0.0564. The zero-order valence-electron chi connectivity index (χ0n) is 15.7. The number of sulfone groups is 1. The minimum atomic E-state index is -3.66. The van der Waals surface area contributed by atoms with Gasteiger partial charge in [-0.05, 0) is 63.2 Å². The molecule has 0 spiro atoms. The number of hydrogen-bond acceptors (Lipinski definition) is 6. The van der Waals surface area contributed by atoms with Gasteiger partial charge in [0, 0.05) is 5.56 Å². The number of nitrogens with two attached hydrogens (primary N) is 1. The fourth-order valence-electron chi connectivity index (χ4n) is 2.99. The summed E-state index contributed by atoms with van der Waals surface area (Å²) in [6.45, 7) is 4.51. The van der Waals surface area contributed by atoms with Crippen LogP contribution in [0.5, 0.6) is 11.5 Å². The smallest absolute Gasteiger partial charge is 0.165 e. The first-order chi connectivity index (χ1) is 13.0. The highest BCUT2D eigenvalue weighted by Gasteiger charge is 2.49. The van der Waals surface area contributed by atoms with Crippen molar-refractivity contribution >= 4 is 15.7 Å². The molecule has 0 unspecified atom stereocenters. The molecule has 0 amide bonds. The van der Waals surface area contributed by atoms with E-state index >= 15 is 0 Å². The molecule has 2 aromatic rings. The summed E-state index contributed by atoms with van der Waals surface area (Å²) in [5.74, 6) is -0.244. The lowest BCUT2D eigenvalue weighted by Gasteiger charge is -2.38. The SMILES string of the molecule is CC1(C)C(N)=N[C@](C)(c2cc(Oc3ccc(C#N)cc3)ccc2F)CS1(=O)=O. The van der Waals surface area contributed by atoms with Crippen LogP contribution in [0.1, 0.15) is 31.9 Å². The van der Waals surface area contributed by atoms with Crippen LogP contribution in [-0.2, 0) is 15.4 Å². The van der Waals surface area contributed by atoms with Gasteiger partial charge in [0.15, 0.2) is 9.84 Å². The molecule has 0 bridgehead atoms. The molecule has 0 aliphatic carbocycles. The van der Waals surface area contributed by atoms with Crippen molar-refractivity contribution in [1.82, 2.24) is 0 Å². The van der Waals surface area contributed by atoms with Gasteiger partial charge < -0.3 is 10.5 Å². The normalized spacial score (nSPS) is 22.8. The molecule has 0 radical (unpaired) electrons. The van der Waals surface area contributed by atoms with Crippen LogP contribution >= 0.6 is 0 Å². The van der Waals surface area contributed by atoms with Gasteiger partial charge in [0.2, 0.25) is 0 Å². The Hall–Kier alpha value is -2.92. The third kappa shape index (κ3) is 3.34. The molecule has 1 heterocycles. The molecule has 6 nitrogen and oxygen atoms in total. The summed E-state index contributed by atoms with van der Waals surface area (Å²) in [5, 5.41) is 8.85. The predicted molar refractivity (Wildman–Crippen MR) is 104 cm³/mol. The van der Waals surface area contributed by atoms with Crippen LogP contribution in [0.25, 0.3) is 0 Å². The molecule has 28 heavy (non-hydrogen) atoms. The van der Waals surface area contributed by atoms with Crippen molar-refractivity contribution in [1.29, 1.82) is 5.26 Å². The summed E-state index contributed by atoms with van der Waals surface area (Å²) < 4.78 is 44.4. The maximum Gasteiger partial charge on any atom is 0.165 e. The first kappa shape index (κ1) is 19.8. The maximum atomic E-state index is 14.6. The van der Waals surface area contributed by atoms with Crippen molar-refractivity contribution in [3.05, 3.63) is 59.4 Å². The number of ether oxygens (including phenoxy) is 1. The van der Waals surface area contributed by atoms with Gasteiger partial charge in [-0.15, -0.1) is 0 Å². The number of nitriles is 1. The van der Waals surface area contributed by atoms with E-state index in [9.17, 15) is 12.8 Å². The highest BCUT2D eigenvalue weighted by atomic mass is 32.2. The maximum absolute atomic E-state index is 14.6. The van der Waals surface area contributed by atoms with Crippen LogP contribution in [0, 0.1) is 17.1 Å². The van der Waals surface area contributed by atoms with Crippen LogP contribution in [0.15, 0.2) is 47.5 Å². The second-order valence-corrected chi connectivity index (χ2v) is 9.96. The summed E-state index contributed by atoms with van der Waals surface area (Å²) in [6.07, 6.45) is 0. The summed E-state index contributed by atoms with van der Waals surface area (Å²) in [5.41, 5.74) is 5.13. The number of amidine groups is 1. The van der Waals surface area contributed by atoms with Gasteiger partial charge >= 0.3 is 0 Å². The Balaban J connectivity index is 2.02. The third-order valence-electron chi connectivity index (χ3n) is 4.97. The number of nitrogens with zero attached hydrogens (tertiary/aromatic N) is 2. The van der Waals surface area contributed by atoms with E-state index in [4.69, 9.17) is 15.7 Å². The highest BCUT2D eigenvalue weighted by molar-refractivity contribution is 7.93. The average molecular weight is 401 g/mol. The largest absolute Gasteiger partial charge is 0.457 e. The minimum Gasteiger partial charge on any atom is -0.457 e. The molecule has 2 aromatic carbocycles. The number of benzene rings is 2. The van der Waals surface area contributed by atoms with Gasteiger partial charge in [0.05, 0.1) is 17.4 Å². The van der Waals surface area contributed by atoms with Gasteiger partial charge in [-0.3, -0.25) is 4.99 Å². The van der Waals surface area contributed by atoms with Crippen molar-refractivity contribution < 1.29 is 17.5 Å². The number of halogens is 1. The molecule has 2 N–H and O–H groups in total. The molecule has 1 atom stereocenters. The fraction of sp³-hybridized carbons (Fsp3) is 0.300. The predicted octanol–water partition coefficient (Wildman–Crippen LogP) is 3.27. The van der Waals surface area contributed by atoms with Crippen LogP contribution in [0.3, 0.4) is 0 Å². The van der Waals surface area contributed by atoms with Crippen LogP contribution in [0.2, 0.25) is 0 Å². The number of aliphatic imine (C=N–C) groups is 1. The van der Waals surface area contributed by atoms with Crippen molar-refractivity contribution in [2.45, 2.75) is 31.1 Å². The summed E-state index contributed by atoms with van der Waals surface area (Å²) in [7, 11) is -3.66. The van der Waals surface area contributed by atoms with Gasteiger partial charge in [-0.25, -0.2) is 12.8 Å². The molecule has 1 aliphatic rings. The van der Waals surface area contributed by atoms with Crippen LogP contribution < -0.4 is 10.5 Å². The Bertz CT molecular complexity index is 1100. The average Bonchev–Trinajstić information content (AvgIpc) is 2.62. The molecular formula is C20H20FN3O3S. The molecule has 0 saturated carbocycles. The van der Waals surface area contributed by atoms with Crippen LogP contribution in [0.4, 0.5) is 4.39 Å². The lowest BCUT2D eigenvalue weighted by Crippen LogP contribution is -2.54. The Morgan fingerprint density at radius 3 is 2.32 bits per heavy atom. The second kappa shape index (κ2) is 6.60. The van der Waals surface area contributed by atoms with E-state index < -0.39 is 25.9 Å². The molecular weight excluding hydrogens is 381 g/mol. The molecule has 146 valence electrons. The summed E-state index contributed by atoms with van der Waals surface area (Å²) >= 11 is 0. The molecule has 1 aliphatic heterocycles. The highest BCUT2D eigenvalue weighted by Crippen LogP contribution is 2.39. The summed E-state index contributed by atoms with van der Waals surface area (Å²) in [6, 6.07) is 12.5. The standard InChI is InChI=1S/C20H20FN3O3S/c1-19(2)18(23)24-20(3,12-28(19,25)26)16-10-15(8-9-17(16)21)27-14-6-4-13(11-22)5-7-14/h4-10H,12H2,1-3H3,(H2,23,24)/t20-/m0/s1. The van der Waals surface area contributed by atoms with E-state index in [1.807, 2.05) is 6.07 Å². The van der Waals surface area contributed by atoms with E-state index in [0.717, 1.165) is 0 Å². The molecule has 8 heteroatoms. The van der Waals surface area contributed by atoms with E-state index in [1.165, 1.54) is 39.0 Å². The van der Waals surface area contributed by atoms with E-state index in [-0.39, 0.29) is 17.2 Å². The molecule has 0 aromatic heterocycles. The molecule has 0 saturated heterocycles. The first-order valence-corrected chi connectivity index (χ1v) is 10.2. The quantitative estimate of drug-likeness (QED) is 0.850. The second-order valence-electron chi connectivity index (χ2n) is 7.42. The Morgan fingerprint density at radius 1 is 1.14 bits per heavy atom. The van der Waals surface area contributed by atoms with E-state index in [2.05, 4.69) is 4.99 Å². The van der Waals surface area contributed by atoms with E-state index in [1.54, 1.807) is 24.3 Å². The summed E-state index contributed by atoms with van der Waals surface area (Å²) in [4.78, 5) is 4.35. The van der Waals surface area contributed by atoms with Crippen LogP contribution in [-0.4, -0.2) is 24.8 Å². The zero-order valence-corrected chi connectivity index (χ0v) is 16.5. The lowest BCUT2D eigenvalue weighted by atomic mass is 9.93. The van der Waals surface area contributed by atoms with Crippen molar-refractivity contribution in [2.75, 3.05) is 5.75 Å². The molecule has 3 rings (SSSR count). The number of rotatable bonds is 3.